The van der Waals surface area contributed by atoms with Crippen molar-refractivity contribution in [2.45, 2.75) is 44.7 Å². The third-order valence-electron chi connectivity index (χ3n) is 8.23. The monoisotopic (exact) mass is 617 g/mol. The third-order valence-corrected chi connectivity index (χ3v) is 8.77. The molecule has 0 spiro atoms. The van der Waals surface area contributed by atoms with Crippen molar-refractivity contribution in [3.05, 3.63) is 75.8 Å². The van der Waals surface area contributed by atoms with Crippen LogP contribution in [0, 0.1) is 0 Å². The van der Waals surface area contributed by atoms with Gasteiger partial charge < -0.3 is 25.1 Å². The number of H-pyrrole nitrogens is 2. The Bertz CT molecular complexity index is 1850. The van der Waals surface area contributed by atoms with Crippen molar-refractivity contribution in [2.24, 2.45) is 0 Å². The number of likely N-dealkylation sites (tertiary alicyclic amines) is 1. The Balaban J connectivity index is 1.18. The van der Waals surface area contributed by atoms with Crippen LogP contribution in [-0.4, -0.2) is 71.2 Å². The van der Waals surface area contributed by atoms with Crippen LogP contribution in [0.1, 0.15) is 59.3 Å². The Morgan fingerprint density at radius 2 is 1.86 bits per heavy atom. The highest BCUT2D eigenvalue weighted by atomic mass is 35.5. The maximum atomic E-state index is 13.3. The molecule has 2 aromatic carbocycles. The Hall–Kier alpha value is -4.22. The van der Waals surface area contributed by atoms with Crippen molar-refractivity contribution >= 4 is 62.8 Å². The average molecular weight is 619 g/mol. The summed E-state index contributed by atoms with van der Waals surface area (Å²) in [5.74, 6) is 1.14. The molecule has 2 aliphatic heterocycles. The summed E-state index contributed by atoms with van der Waals surface area (Å²) in [5, 5.41) is 5.11. The van der Waals surface area contributed by atoms with Crippen molar-refractivity contribution < 1.29 is 9.59 Å². The van der Waals surface area contributed by atoms with Crippen LogP contribution < -0.4 is 5.32 Å². The first-order valence-corrected chi connectivity index (χ1v) is 15.1. The maximum absolute atomic E-state index is 13.3. The number of imidazole rings is 2. The molecule has 0 bridgehead atoms. The van der Waals surface area contributed by atoms with Gasteiger partial charge in [-0.05, 0) is 49.6 Å². The number of hydrogen-bond acceptors (Lipinski definition) is 7. The molecule has 13 heteroatoms. The van der Waals surface area contributed by atoms with Gasteiger partial charge in [0.25, 0.3) is 5.91 Å². The van der Waals surface area contributed by atoms with Crippen LogP contribution in [0.25, 0.3) is 21.9 Å². The number of anilines is 1. The lowest BCUT2D eigenvalue weighted by atomic mass is 10.1. The van der Waals surface area contributed by atoms with Gasteiger partial charge in [-0.25, -0.2) is 19.9 Å². The number of hydrogen-bond donors (Lipinski definition) is 3. The summed E-state index contributed by atoms with van der Waals surface area (Å²) in [6.07, 6.45) is 6.59. The molecule has 7 rings (SSSR count). The fourth-order valence-electron chi connectivity index (χ4n) is 5.91. The normalized spacial score (nSPS) is 15.7. The van der Waals surface area contributed by atoms with Gasteiger partial charge in [0, 0.05) is 42.9 Å². The summed E-state index contributed by atoms with van der Waals surface area (Å²) >= 11 is 12.9. The molecule has 1 fully saturated rings. The van der Waals surface area contributed by atoms with Crippen molar-refractivity contribution in [2.75, 3.05) is 25.0 Å². The number of aromatic amines is 2. The number of fused-ring (bicyclic) bond motifs is 3. The summed E-state index contributed by atoms with van der Waals surface area (Å²) in [6.45, 7) is 2.61. The molecule has 1 atom stereocenters. The largest absolute Gasteiger partial charge is 0.359 e. The van der Waals surface area contributed by atoms with E-state index in [1.165, 1.54) is 6.33 Å². The average Bonchev–Trinajstić information content (AvgIpc) is 3.79. The number of carbonyl (C=O) groups excluding carboxylic acids is 2. The molecule has 3 aromatic heterocycles. The van der Waals surface area contributed by atoms with E-state index >= 15 is 0 Å². The molecule has 5 aromatic rings. The van der Waals surface area contributed by atoms with Crippen LogP contribution in [-0.2, 0) is 17.8 Å². The van der Waals surface area contributed by atoms with Gasteiger partial charge in [0.15, 0.2) is 0 Å². The summed E-state index contributed by atoms with van der Waals surface area (Å²) in [7, 11) is 0. The van der Waals surface area contributed by atoms with Crippen LogP contribution in [0.4, 0.5) is 5.82 Å². The molecular formula is C30H29Cl2N9O2. The number of rotatable bonds is 7. The number of aromatic nitrogens is 6. The molecule has 0 aliphatic carbocycles. The SMILES string of the molecule is O=C(CCC(Nc1ncnc2cc(C(=O)N3CCCC3)c(Cl)cc12)c1nc2ccc(Cl)cc2[nH]1)N1CCc2nc[nH]c2C1. The van der Waals surface area contributed by atoms with Gasteiger partial charge in [-0.15, -0.1) is 0 Å². The first kappa shape index (κ1) is 27.6. The smallest absolute Gasteiger partial charge is 0.255 e. The minimum atomic E-state index is -0.398. The fraction of sp³-hybridized carbons (Fsp3) is 0.333. The van der Waals surface area contributed by atoms with Gasteiger partial charge in [-0.1, -0.05) is 23.2 Å². The summed E-state index contributed by atoms with van der Waals surface area (Å²) in [4.78, 5) is 54.8. The number of halogens is 2. The highest BCUT2D eigenvalue weighted by Gasteiger charge is 2.26. The molecule has 1 saturated heterocycles. The first-order chi connectivity index (χ1) is 20.9. The van der Waals surface area contributed by atoms with Crippen LogP contribution in [0.5, 0.6) is 0 Å². The highest BCUT2D eigenvalue weighted by Crippen LogP contribution is 2.32. The predicted octanol–water partition coefficient (Wildman–Crippen LogP) is 5.29. The highest BCUT2D eigenvalue weighted by molar-refractivity contribution is 6.35. The Labute approximate surface area is 257 Å². The lowest BCUT2D eigenvalue weighted by Gasteiger charge is -2.27. The molecule has 5 heterocycles. The Morgan fingerprint density at radius 3 is 2.72 bits per heavy atom. The lowest BCUT2D eigenvalue weighted by Crippen LogP contribution is -2.36. The summed E-state index contributed by atoms with van der Waals surface area (Å²) < 4.78 is 0. The second-order valence-corrected chi connectivity index (χ2v) is 11.8. The quantitative estimate of drug-likeness (QED) is 0.226. The molecule has 1 unspecified atom stereocenters. The predicted molar refractivity (Wildman–Crippen MR) is 164 cm³/mol. The van der Waals surface area contributed by atoms with Crippen LogP contribution in [0.3, 0.4) is 0 Å². The topological polar surface area (TPSA) is 136 Å². The number of nitrogens with zero attached hydrogens (tertiary/aromatic N) is 6. The molecule has 11 nitrogen and oxygen atoms in total. The maximum Gasteiger partial charge on any atom is 0.255 e. The van der Waals surface area contributed by atoms with Gasteiger partial charge in [-0.3, -0.25) is 9.59 Å². The van der Waals surface area contributed by atoms with Crippen molar-refractivity contribution in [3.8, 4) is 0 Å². The van der Waals surface area contributed by atoms with E-state index in [2.05, 4.69) is 30.2 Å². The van der Waals surface area contributed by atoms with E-state index in [9.17, 15) is 9.59 Å². The van der Waals surface area contributed by atoms with Gasteiger partial charge in [0.1, 0.15) is 18.0 Å². The van der Waals surface area contributed by atoms with Crippen molar-refractivity contribution in [1.82, 2.24) is 39.7 Å². The number of benzene rings is 2. The standard InChI is InChI=1S/C30H29Cl2N9O2/c31-17-3-4-22-25(11-17)39-29(37-22)23(5-6-27(42)41-10-7-21-26(14-41)35-15-33-21)38-28-19-12-20(32)18(13-24(19)34-16-36-28)30(43)40-8-1-2-9-40/h3-4,11-13,15-16,23H,1-2,5-10,14H2,(H,33,35)(H,37,39)(H,34,36,38). The zero-order valence-electron chi connectivity index (χ0n) is 23.2. The van der Waals surface area contributed by atoms with Gasteiger partial charge in [0.2, 0.25) is 5.91 Å². The Kier molecular flexibility index (Phi) is 7.36. The zero-order valence-corrected chi connectivity index (χ0v) is 24.8. The second-order valence-electron chi connectivity index (χ2n) is 11.0. The van der Waals surface area contributed by atoms with Crippen LogP contribution >= 0.6 is 23.2 Å². The summed E-state index contributed by atoms with van der Waals surface area (Å²) in [6, 6.07) is 8.54. The molecule has 220 valence electrons. The molecule has 2 amide bonds. The minimum absolute atomic E-state index is 0.0480. The number of amides is 2. The molecular weight excluding hydrogens is 589 g/mol. The molecule has 0 radical (unpaired) electrons. The van der Waals surface area contributed by atoms with Gasteiger partial charge in [-0.2, -0.15) is 0 Å². The second kappa shape index (κ2) is 11.5. The lowest BCUT2D eigenvalue weighted by molar-refractivity contribution is -0.132. The van der Waals surface area contributed by atoms with Gasteiger partial charge >= 0.3 is 0 Å². The molecule has 3 N–H and O–H groups in total. The van der Waals surface area contributed by atoms with Crippen LogP contribution in [0.15, 0.2) is 43.0 Å². The van der Waals surface area contributed by atoms with E-state index in [0.717, 1.165) is 54.8 Å². The van der Waals surface area contributed by atoms with Gasteiger partial charge in [0.05, 0.1) is 57.4 Å². The fourth-order valence-corrected chi connectivity index (χ4v) is 6.32. The number of carbonyl (C=O) groups is 2. The molecule has 2 aliphatic rings. The van der Waals surface area contributed by atoms with E-state index < -0.39 is 6.04 Å². The minimum Gasteiger partial charge on any atom is -0.359 e. The Morgan fingerprint density at radius 1 is 1.00 bits per heavy atom. The van der Waals surface area contributed by atoms with E-state index in [4.69, 9.17) is 28.2 Å². The van der Waals surface area contributed by atoms with E-state index in [1.807, 2.05) is 21.9 Å². The summed E-state index contributed by atoms with van der Waals surface area (Å²) in [5.41, 5.74) is 4.59. The van der Waals surface area contributed by atoms with E-state index in [1.54, 1.807) is 24.5 Å². The third kappa shape index (κ3) is 5.50. The van der Waals surface area contributed by atoms with Crippen LogP contribution in [0.2, 0.25) is 10.0 Å². The van der Waals surface area contributed by atoms with E-state index in [0.29, 0.717) is 57.7 Å². The first-order valence-electron chi connectivity index (χ1n) is 14.4. The molecule has 43 heavy (non-hydrogen) atoms. The number of nitrogens with one attached hydrogen (secondary N) is 3. The van der Waals surface area contributed by atoms with Crippen molar-refractivity contribution in [1.29, 1.82) is 0 Å². The van der Waals surface area contributed by atoms with Crippen molar-refractivity contribution in [3.63, 3.8) is 0 Å². The molecule has 0 saturated carbocycles. The zero-order chi connectivity index (χ0) is 29.5. The van der Waals surface area contributed by atoms with E-state index in [-0.39, 0.29) is 18.2 Å².